The molecule has 6 heteroatoms. The SMILES string of the molecule is CC1=CC=CN2C(=O)C(CCN3CC=C(c4c[nH]c5ccc(F)cc45)CC3)=C(C)NC12. The maximum Gasteiger partial charge on any atom is 0.257 e. The van der Waals surface area contributed by atoms with Crippen LogP contribution >= 0.6 is 0 Å². The van der Waals surface area contributed by atoms with Crippen LogP contribution in [0.2, 0.25) is 0 Å². The Kier molecular flexibility index (Phi) is 5.02. The molecule has 5 nitrogen and oxygen atoms in total. The first kappa shape index (κ1) is 19.8. The summed E-state index contributed by atoms with van der Waals surface area (Å²) in [7, 11) is 0. The number of rotatable bonds is 4. The Labute approximate surface area is 181 Å². The van der Waals surface area contributed by atoms with Crippen LogP contribution in [0.3, 0.4) is 0 Å². The lowest BCUT2D eigenvalue weighted by Gasteiger charge is -2.39. The smallest absolute Gasteiger partial charge is 0.257 e. The normalized spacial score (nSPS) is 21.8. The Hall–Kier alpha value is -3.12. The highest BCUT2D eigenvalue weighted by molar-refractivity contribution is 5.96. The van der Waals surface area contributed by atoms with Crippen LogP contribution in [0.4, 0.5) is 4.39 Å². The second kappa shape index (κ2) is 7.85. The lowest BCUT2D eigenvalue weighted by molar-refractivity contribution is -0.127. The number of aromatic amines is 1. The first-order valence-corrected chi connectivity index (χ1v) is 10.8. The van der Waals surface area contributed by atoms with E-state index in [2.05, 4.69) is 21.3 Å². The molecular formula is C25H27FN4O. The molecule has 2 aromatic rings. The molecule has 0 saturated carbocycles. The summed E-state index contributed by atoms with van der Waals surface area (Å²) < 4.78 is 13.7. The summed E-state index contributed by atoms with van der Waals surface area (Å²) in [5.74, 6) is -0.115. The van der Waals surface area contributed by atoms with Gasteiger partial charge in [0, 0.05) is 59.8 Å². The van der Waals surface area contributed by atoms with Gasteiger partial charge in [-0.2, -0.15) is 0 Å². The minimum atomic E-state index is -0.211. The molecule has 31 heavy (non-hydrogen) atoms. The van der Waals surface area contributed by atoms with Crippen molar-refractivity contribution in [2.45, 2.75) is 32.9 Å². The number of aromatic nitrogens is 1. The monoisotopic (exact) mass is 418 g/mol. The number of hydrogen-bond donors (Lipinski definition) is 2. The highest BCUT2D eigenvalue weighted by Gasteiger charge is 2.33. The highest BCUT2D eigenvalue weighted by atomic mass is 19.1. The number of fused-ring (bicyclic) bond motifs is 2. The van der Waals surface area contributed by atoms with E-state index >= 15 is 0 Å². The Balaban J connectivity index is 1.26. The Morgan fingerprint density at radius 1 is 1.26 bits per heavy atom. The number of carbonyl (C=O) groups is 1. The van der Waals surface area contributed by atoms with Crippen LogP contribution in [0.1, 0.15) is 32.3 Å². The first-order valence-electron chi connectivity index (χ1n) is 10.8. The molecule has 0 aliphatic carbocycles. The maximum atomic E-state index is 13.7. The molecule has 3 aliphatic heterocycles. The van der Waals surface area contributed by atoms with E-state index in [9.17, 15) is 9.18 Å². The van der Waals surface area contributed by atoms with Crippen LogP contribution < -0.4 is 5.32 Å². The molecule has 1 aromatic carbocycles. The molecule has 4 heterocycles. The van der Waals surface area contributed by atoms with Gasteiger partial charge < -0.3 is 10.3 Å². The van der Waals surface area contributed by atoms with Gasteiger partial charge in [-0.3, -0.25) is 14.6 Å². The third-order valence-corrected chi connectivity index (χ3v) is 6.57. The fourth-order valence-corrected chi connectivity index (χ4v) is 4.74. The lowest BCUT2D eigenvalue weighted by atomic mass is 9.98. The Morgan fingerprint density at radius 3 is 2.94 bits per heavy atom. The van der Waals surface area contributed by atoms with Gasteiger partial charge in [0.2, 0.25) is 0 Å². The van der Waals surface area contributed by atoms with Crippen molar-refractivity contribution in [1.29, 1.82) is 0 Å². The predicted molar refractivity (Wildman–Crippen MR) is 121 cm³/mol. The largest absolute Gasteiger partial charge is 0.365 e. The van der Waals surface area contributed by atoms with Crippen LogP contribution in [0.25, 0.3) is 16.5 Å². The van der Waals surface area contributed by atoms with Crippen LogP contribution in [0, 0.1) is 5.82 Å². The van der Waals surface area contributed by atoms with Gasteiger partial charge in [-0.25, -0.2) is 4.39 Å². The van der Waals surface area contributed by atoms with Gasteiger partial charge in [-0.05, 0) is 62.1 Å². The zero-order valence-corrected chi connectivity index (χ0v) is 17.9. The van der Waals surface area contributed by atoms with E-state index in [0.29, 0.717) is 0 Å². The summed E-state index contributed by atoms with van der Waals surface area (Å²) in [4.78, 5) is 20.4. The first-order chi connectivity index (χ1) is 15.0. The summed E-state index contributed by atoms with van der Waals surface area (Å²) in [6.07, 6.45) is 11.6. The van der Waals surface area contributed by atoms with E-state index in [1.165, 1.54) is 11.6 Å². The van der Waals surface area contributed by atoms with E-state index < -0.39 is 0 Å². The molecule has 0 radical (unpaired) electrons. The van der Waals surface area contributed by atoms with Crippen LogP contribution in [-0.2, 0) is 4.79 Å². The molecule has 1 atom stereocenters. The van der Waals surface area contributed by atoms with E-state index in [1.807, 2.05) is 38.4 Å². The lowest BCUT2D eigenvalue weighted by Crippen LogP contribution is -2.52. The van der Waals surface area contributed by atoms with Gasteiger partial charge in [0.05, 0.1) is 0 Å². The number of carbonyl (C=O) groups excluding carboxylic acids is 1. The average molecular weight is 419 g/mol. The van der Waals surface area contributed by atoms with Crippen molar-refractivity contribution < 1.29 is 9.18 Å². The topological polar surface area (TPSA) is 51.4 Å². The van der Waals surface area contributed by atoms with Crippen molar-refractivity contribution in [2.75, 3.05) is 19.6 Å². The van der Waals surface area contributed by atoms with E-state index in [0.717, 1.165) is 65.8 Å². The van der Waals surface area contributed by atoms with Gasteiger partial charge in [-0.15, -0.1) is 0 Å². The molecule has 0 spiro atoms. The van der Waals surface area contributed by atoms with Gasteiger partial charge in [-0.1, -0.05) is 12.2 Å². The summed E-state index contributed by atoms with van der Waals surface area (Å²) in [5, 5.41) is 4.42. The molecule has 3 aliphatic rings. The van der Waals surface area contributed by atoms with Gasteiger partial charge in [0.1, 0.15) is 12.0 Å². The summed E-state index contributed by atoms with van der Waals surface area (Å²) in [6, 6.07) is 4.87. The molecule has 1 aromatic heterocycles. The zero-order chi connectivity index (χ0) is 21.5. The third-order valence-electron chi connectivity index (χ3n) is 6.57. The van der Waals surface area contributed by atoms with E-state index in [4.69, 9.17) is 0 Å². The maximum absolute atomic E-state index is 13.7. The minimum absolute atomic E-state index is 0.0669. The number of allylic oxidation sites excluding steroid dienone is 3. The van der Waals surface area contributed by atoms with Crippen molar-refractivity contribution in [3.63, 3.8) is 0 Å². The molecule has 0 fully saturated rings. The molecule has 1 amide bonds. The van der Waals surface area contributed by atoms with Crippen molar-refractivity contribution >= 4 is 22.4 Å². The van der Waals surface area contributed by atoms with Crippen LogP contribution in [-0.4, -0.2) is 46.5 Å². The third kappa shape index (κ3) is 3.61. The number of nitrogens with one attached hydrogen (secondary N) is 2. The number of benzene rings is 1. The van der Waals surface area contributed by atoms with Gasteiger partial charge in [0.15, 0.2) is 0 Å². The van der Waals surface area contributed by atoms with Crippen molar-refractivity contribution in [3.05, 3.63) is 77.0 Å². The minimum Gasteiger partial charge on any atom is -0.365 e. The number of nitrogens with zero attached hydrogens (tertiary/aromatic N) is 2. The van der Waals surface area contributed by atoms with Gasteiger partial charge >= 0.3 is 0 Å². The van der Waals surface area contributed by atoms with Crippen molar-refractivity contribution in [1.82, 2.24) is 20.1 Å². The van der Waals surface area contributed by atoms with Crippen LogP contribution in [0.5, 0.6) is 0 Å². The number of halogens is 1. The number of hydrogen-bond acceptors (Lipinski definition) is 3. The molecule has 1 unspecified atom stereocenters. The highest BCUT2D eigenvalue weighted by Crippen LogP contribution is 2.30. The quantitative estimate of drug-likeness (QED) is 0.779. The second-order valence-corrected chi connectivity index (χ2v) is 8.54. The Bertz CT molecular complexity index is 1170. The zero-order valence-electron chi connectivity index (χ0n) is 17.9. The average Bonchev–Trinajstić information content (AvgIpc) is 3.18. The predicted octanol–water partition coefficient (Wildman–Crippen LogP) is 4.29. The molecule has 2 N–H and O–H groups in total. The summed E-state index contributed by atoms with van der Waals surface area (Å²) >= 11 is 0. The fraction of sp³-hybridized carbons (Fsp3) is 0.320. The molecule has 0 bridgehead atoms. The standard InChI is InChI=1S/C25H27FN4O/c1-16-4-3-10-30-24(16)28-17(2)20(25(30)31)9-13-29-11-7-18(8-12-29)22-15-27-23-6-5-19(26)14-21(22)23/h3-7,10,14-15,24,27-28H,8-9,11-13H2,1-2H3. The van der Waals surface area contributed by atoms with Crippen molar-refractivity contribution in [2.24, 2.45) is 0 Å². The second-order valence-electron chi connectivity index (χ2n) is 8.54. The van der Waals surface area contributed by atoms with E-state index in [1.54, 1.807) is 17.0 Å². The molecule has 160 valence electrons. The Morgan fingerprint density at radius 2 is 2.13 bits per heavy atom. The molecule has 0 saturated heterocycles. The van der Waals surface area contributed by atoms with Crippen molar-refractivity contribution in [3.8, 4) is 0 Å². The summed E-state index contributed by atoms with van der Waals surface area (Å²) in [6.45, 7) is 6.64. The molecule has 5 rings (SSSR count). The fourth-order valence-electron chi connectivity index (χ4n) is 4.74. The number of H-pyrrole nitrogens is 1. The summed E-state index contributed by atoms with van der Waals surface area (Å²) in [5.41, 5.74) is 6.27. The number of amides is 1. The van der Waals surface area contributed by atoms with E-state index in [-0.39, 0.29) is 17.9 Å². The van der Waals surface area contributed by atoms with Gasteiger partial charge in [0.25, 0.3) is 5.91 Å². The van der Waals surface area contributed by atoms with Crippen LogP contribution in [0.15, 0.2) is 65.7 Å². The molecular weight excluding hydrogens is 391 g/mol.